The molecule has 0 spiro atoms. The zero-order chi connectivity index (χ0) is 34.8. The SMILES string of the molecule is C=C(N/C(C)=C/C=C(/Oc1ccnc(N(N)Cc2ccccc2)n1)c1ccccc1)N/C(C)=C/C(=C\C=C(/C)OC)C(C)(C)C.CC. The second-order valence-corrected chi connectivity index (χ2v) is 11.6. The highest BCUT2D eigenvalue weighted by molar-refractivity contribution is 5.63. The highest BCUT2D eigenvalue weighted by atomic mass is 16.5. The molecular formula is C39H52N6O2. The number of benzene rings is 2. The van der Waals surface area contributed by atoms with Gasteiger partial charge in [-0.25, -0.2) is 10.8 Å². The first-order valence-electron chi connectivity index (χ1n) is 15.8. The van der Waals surface area contributed by atoms with Crippen molar-refractivity contribution in [1.29, 1.82) is 0 Å². The largest absolute Gasteiger partial charge is 0.501 e. The Balaban J connectivity index is 0.00000376. The average Bonchev–Trinajstić information content (AvgIpc) is 3.06. The van der Waals surface area contributed by atoms with Crippen molar-refractivity contribution in [2.45, 2.75) is 61.9 Å². The molecule has 0 aliphatic heterocycles. The maximum Gasteiger partial charge on any atom is 0.243 e. The Labute approximate surface area is 282 Å². The van der Waals surface area contributed by atoms with E-state index in [1.807, 2.05) is 114 Å². The first-order chi connectivity index (χ1) is 22.4. The van der Waals surface area contributed by atoms with Gasteiger partial charge in [0.2, 0.25) is 11.8 Å². The van der Waals surface area contributed by atoms with Crippen LogP contribution < -0.4 is 26.2 Å². The number of hydrogen-bond donors (Lipinski definition) is 3. The van der Waals surface area contributed by atoms with Crippen LogP contribution in [0.1, 0.15) is 66.5 Å². The lowest BCUT2D eigenvalue weighted by molar-refractivity contribution is 0.293. The molecule has 8 heteroatoms. The molecule has 0 saturated carbocycles. The normalized spacial score (nSPS) is 12.9. The van der Waals surface area contributed by atoms with Gasteiger partial charge in [0.25, 0.3) is 0 Å². The molecule has 0 bridgehead atoms. The summed E-state index contributed by atoms with van der Waals surface area (Å²) in [5.41, 5.74) is 4.87. The van der Waals surface area contributed by atoms with Crippen LogP contribution >= 0.6 is 0 Å². The fourth-order valence-corrected chi connectivity index (χ4v) is 4.09. The third-order valence-electron chi connectivity index (χ3n) is 6.58. The minimum absolute atomic E-state index is 0.0502. The van der Waals surface area contributed by atoms with Crippen LogP contribution in [-0.4, -0.2) is 17.1 Å². The second-order valence-electron chi connectivity index (χ2n) is 11.6. The summed E-state index contributed by atoms with van der Waals surface area (Å²) in [4.78, 5) is 8.89. The van der Waals surface area contributed by atoms with E-state index in [1.54, 1.807) is 19.4 Å². The van der Waals surface area contributed by atoms with Crippen LogP contribution in [0.2, 0.25) is 0 Å². The summed E-state index contributed by atoms with van der Waals surface area (Å²) < 4.78 is 11.6. The van der Waals surface area contributed by atoms with Crippen molar-refractivity contribution in [3.63, 3.8) is 0 Å². The molecule has 1 aromatic heterocycles. The molecule has 250 valence electrons. The number of nitrogens with one attached hydrogen (secondary N) is 2. The number of rotatable bonds is 14. The molecule has 0 amide bonds. The average molecular weight is 637 g/mol. The number of allylic oxidation sites excluding steroid dienone is 9. The van der Waals surface area contributed by atoms with E-state index in [2.05, 4.69) is 60.1 Å². The summed E-state index contributed by atoms with van der Waals surface area (Å²) in [7, 11) is 1.67. The van der Waals surface area contributed by atoms with Crippen molar-refractivity contribution in [1.82, 2.24) is 20.6 Å². The minimum Gasteiger partial charge on any atom is -0.501 e. The van der Waals surface area contributed by atoms with Gasteiger partial charge in [-0.2, -0.15) is 4.98 Å². The van der Waals surface area contributed by atoms with E-state index in [-0.39, 0.29) is 5.41 Å². The number of methoxy groups -OCH3 is 1. The number of anilines is 1. The highest BCUT2D eigenvalue weighted by Crippen LogP contribution is 2.27. The Kier molecular flexibility index (Phi) is 15.8. The Bertz CT molecular complexity index is 1570. The van der Waals surface area contributed by atoms with Gasteiger partial charge in [-0.15, -0.1) is 0 Å². The third-order valence-corrected chi connectivity index (χ3v) is 6.58. The lowest BCUT2D eigenvalue weighted by Gasteiger charge is -2.22. The molecule has 0 aliphatic rings. The molecule has 0 unspecified atom stereocenters. The van der Waals surface area contributed by atoms with Gasteiger partial charge >= 0.3 is 0 Å². The van der Waals surface area contributed by atoms with Gasteiger partial charge in [0.05, 0.1) is 25.2 Å². The van der Waals surface area contributed by atoms with Crippen LogP contribution in [0.3, 0.4) is 0 Å². The van der Waals surface area contributed by atoms with Gasteiger partial charge in [-0.1, -0.05) is 108 Å². The molecule has 0 aliphatic carbocycles. The molecule has 4 N–H and O–H groups in total. The van der Waals surface area contributed by atoms with E-state index in [4.69, 9.17) is 15.3 Å². The molecular weight excluding hydrogens is 584 g/mol. The molecule has 2 aromatic carbocycles. The van der Waals surface area contributed by atoms with E-state index >= 15 is 0 Å². The lowest BCUT2D eigenvalue weighted by atomic mass is 9.85. The number of nitrogens with zero attached hydrogens (tertiary/aromatic N) is 3. The second kappa shape index (κ2) is 19.4. The number of ether oxygens (including phenoxy) is 2. The van der Waals surface area contributed by atoms with Crippen LogP contribution in [0.4, 0.5) is 5.95 Å². The zero-order valence-electron chi connectivity index (χ0n) is 29.5. The van der Waals surface area contributed by atoms with Gasteiger partial charge in [0.15, 0.2) is 0 Å². The van der Waals surface area contributed by atoms with Crippen molar-refractivity contribution in [2.75, 3.05) is 12.1 Å². The van der Waals surface area contributed by atoms with Crippen LogP contribution in [0.15, 0.2) is 138 Å². The quantitative estimate of drug-likeness (QED) is 0.0699. The molecule has 0 atom stereocenters. The number of hydrogen-bond acceptors (Lipinski definition) is 8. The fourth-order valence-electron chi connectivity index (χ4n) is 4.09. The molecule has 3 rings (SSSR count). The summed E-state index contributed by atoms with van der Waals surface area (Å²) in [6.07, 6.45) is 11.6. The summed E-state index contributed by atoms with van der Waals surface area (Å²) in [6.45, 7) is 21.1. The molecule has 0 fully saturated rings. The summed E-state index contributed by atoms with van der Waals surface area (Å²) >= 11 is 0. The van der Waals surface area contributed by atoms with Crippen LogP contribution in [-0.2, 0) is 11.3 Å². The Hall–Kier alpha value is -5.08. The number of nitrogens with two attached hydrogens (primary N) is 1. The Morgan fingerprint density at radius 2 is 1.49 bits per heavy atom. The minimum atomic E-state index is -0.0502. The predicted molar refractivity (Wildman–Crippen MR) is 196 cm³/mol. The molecule has 0 saturated heterocycles. The summed E-state index contributed by atoms with van der Waals surface area (Å²) in [5.74, 6) is 9.13. The van der Waals surface area contributed by atoms with E-state index in [1.165, 1.54) is 5.01 Å². The van der Waals surface area contributed by atoms with Crippen molar-refractivity contribution in [3.8, 4) is 5.88 Å². The van der Waals surface area contributed by atoms with Crippen LogP contribution in [0.25, 0.3) is 5.76 Å². The van der Waals surface area contributed by atoms with Crippen molar-refractivity contribution in [2.24, 2.45) is 11.3 Å². The molecule has 0 radical (unpaired) electrons. The molecule has 47 heavy (non-hydrogen) atoms. The van der Waals surface area contributed by atoms with Gasteiger partial charge in [0.1, 0.15) is 5.76 Å². The fraction of sp³-hybridized carbons (Fsp3) is 0.282. The third kappa shape index (κ3) is 13.8. The lowest BCUT2D eigenvalue weighted by Crippen LogP contribution is -2.31. The van der Waals surface area contributed by atoms with Gasteiger partial charge in [0, 0.05) is 29.2 Å². The van der Waals surface area contributed by atoms with Gasteiger partial charge in [-0.3, -0.25) is 5.01 Å². The molecule has 3 aromatic rings. The van der Waals surface area contributed by atoms with E-state index in [9.17, 15) is 0 Å². The smallest absolute Gasteiger partial charge is 0.243 e. The number of aromatic nitrogens is 2. The Morgan fingerprint density at radius 1 is 0.872 bits per heavy atom. The predicted octanol–water partition coefficient (Wildman–Crippen LogP) is 8.78. The maximum absolute atomic E-state index is 6.29. The van der Waals surface area contributed by atoms with E-state index in [0.717, 1.165) is 33.9 Å². The maximum atomic E-state index is 6.29. The number of hydrazine groups is 1. The van der Waals surface area contributed by atoms with Crippen LogP contribution in [0, 0.1) is 5.41 Å². The molecule has 8 nitrogen and oxygen atoms in total. The summed E-state index contributed by atoms with van der Waals surface area (Å²) in [5, 5.41) is 8.15. The first kappa shape index (κ1) is 38.1. The molecule has 1 heterocycles. The van der Waals surface area contributed by atoms with Crippen LogP contribution in [0.5, 0.6) is 5.88 Å². The standard InChI is InChI=1S/C37H46N6O2.C2H6/c1-27(40-30(4)41-28(2)25-33(37(5,6)7)21-20-29(3)44-8)19-22-34(32-17-13-10-14-18-32)45-35-23-24-39-36(42-35)43(38)26-31-15-11-9-12-16-31;1-2/h9-25,40-41H,4,26,38H2,1-3,5-8H3;1-2H3/b27-19+,28-25+,29-20+,33-21+,34-22+;. The van der Waals surface area contributed by atoms with Crippen molar-refractivity contribution >= 4 is 11.7 Å². The van der Waals surface area contributed by atoms with Gasteiger partial charge < -0.3 is 20.1 Å². The monoisotopic (exact) mass is 636 g/mol. The van der Waals surface area contributed by atoms with E-state index in [0.29, 0.717) is 30.0 Å². The summed E-state index contributed by atoms with van der Waals surface area (Å²) in [6, 6.07) is 21.5. The van der Waals surface area contributed by atoms with Gasteiger partial charge in [-0.05, 0) is 61.6 Å². The Morgan fingerprint density at radius 3 is 2.11 bits per heavy atom. The van der Waals surface area contributed by atoms with Crippen molar-refractivity contribution < 1.29 is 9.47 Å². The highest BCUT2D eigenvalue weighted by Gasteiger charge is 2.15. The first-order valence-corrected chi connectivity index (χ1v) is 15.8. The van der Waals surface area contributed by atoms with E-state index < -0.39 is 0 Å². The topological polar surface area (TPSA) is 97.6 Å². The van der Waals surface area contributed by atoms with Crippen molar-refractivity contribution in [3.05, 3.63) is 150 Å². The zero-order valence-corrected chi connectivity index (χ0v) is 29.5.